The average molecular weight is 471 g/mol. The maximum absolute atomic E-state index is 6.09. The molecule has 3 saturated carbocycles. The first-order valence-corrected chi connectivity index (χ1v) is 14.7. The molecule has 192 valence electrons. The molecule has 10 atom stereocenters. The highest BCUT2D eigenvalue weighted by Crippen LogP contribution is 2.40. The van der Waals surface area contributed by atoms with Crippen LogP contribution in [0.15, 0.2) is 24.3 Å². The lowest BCUT2D eigenvalue weighted by atomic mass is 9.71. The minimum Gasteiger partial charge on any atom is -0.381 e. The minimum atomic E-state index is 0.302. The maximum Gasteiger partial charge on any atom is 0.0641 e. The summed E-state index contributed by atoms with van der Waals surface area (Å²) in [5.41, 5.74) is 0. The van der Waals surface area contributed by atoms with Crippen molar-refractivity contribution in [3.8, 4) is 0 Å². The molecule has 0 aromatic carbocycles. The summed E-state index contributed by atoms with van der Waals surface area (Å²) in [6.45, 7) is 2.36. The fourth-order valence-corrected chi connectivity index (χ4v) is 8.34. The van der Waals surface area contributed by atoms with Crippen LogP contribution in [-0.2, 0) is 9.47 Å². The van der Waals surface area contributed by atoms with Gasteiger partial charge in [0.05, 0.1) is 12.2 Å². The maximum atomic E-state index is 6.09. The zero-order chi connectivity index (χ0) is 23.3. The highest BCUT2D eigenvalue weighted by molar-refractivity contribution is 5.09. The summed E-state index contributed by atoms with van der Waals surface area (Å²) >= 11 is 0. The summed E-state index contributed by atoms with van der Waals surface area (Å²) in [5.74, 6) is 4.10. The fourth-order valence-electron chi connectivity index (χ4n) is 8.34. The summed E-state index contributed by atoms with van der Waals surface area (Å²) in [6.07, 6.45) is 26.8. The Hall–Kier alpha value is -0.680. The van der Waals surface area contributed by atoms with Gasteiger partial charge < -0.3 is 20.1 Å². The fraction of sp³-hybridized carbons (Fsp3) is 0.867. The summed E-state index contributed by atoms with van der Waals surface area (Å²) in [7, 11) is 3.83. The molecular formula is C30H50N2O2. The molecule has 0 spiro atoms. The van der Waals surface area contributed by atoms with Gasteiger partial charge in [-0.25, -0.2) is 0 Å². The smallest absolute Gasteiger partial charge is 0.0641 e. The molecular weight excluding hydrogens is 420 g/mol. The molecule has 0 radical (unpaired) electrons. The van der Waals surface area contributed by atoms with Gasteiger partial charge in [0, 0.05) is 38.1 Å². The van der Waals surface area contributed by atoms with Gasteiger partial charge in [0.25, 0.3) is 0 Å². The first kappa shape index (κ1) is 25.0. The summed E-state index contributed by atoms with van der Waals surface area (Å²) < 4.78 is 12.2. The average Bonchev–Trinajstić information content (AvgIpc) is 2.90. The zero-order valence-electron chi connectivity index (χ0n) is 21.8. The van der Waals surface area contributed by atoms with Crippen LogP contribution in [0.25, 0.3) is 0 Å². The lowest BCUT2D eigenvalue weighted by molar-refractivity contribution is -0.0426. The van der Waals surface area contributed by atoms with E-state index < -0.39 is 0 Å². The number of allylic oxidation sites excluding steroid dienone is 2. The molecule has 5 rings (SSSR count). The van der Waals surface area contributed by atoms with E-state index in [1.807, 2.05) is 14.2 Å². The number of hydrogen-bond donors (Lipinski definition) is 2. The number of nitrogens with one attached hydrogen (secondary N) is 2. The van der Waals surface area contributed by atoms with E-state index in [-0.39, 0.29) is 0 Å². The van der Waals surface area contributed by atoms with Gasteiger partial charge in [0.1, 0.15) is 0 Å². The van der Waals surface area contributed by atoms with Crippen molar-refractivity contribution in [2.24, 2.45) is 35.5 Å². The van der Waals surface area contributed by atoms with E-state index >= 15 is 0 Å². The van der Waals surface area contributed by atoms with E-state index in [4.69, 9.17) is 9.47 Å². The highest BCUT2D eigenvalue weighted by Gasteiger charge is 2.38. The lowest BCUT2D eigenvalue weighted by Crippen LogP contribution is -2.47. The van der Waals surface area contributed by atoms with E-state index in [0.717, 1.165) is 48.6 Å². The monoisotopic (exact) mass is 470 g/mol. The zero-order valence-corrected chi connectivity index (χ0v) is 21.8. The standard InChI is InChI=1S/C30H50N2O2/c1-33-29-19-24(14-12-22-16-18-32-28-10-6-4-8-26(22)28)30(34-2)20-23(29)13-11-21-15-17-31-27-9-5-3-7-25(21)27/h11-14,21-32H,3-10,15-20H2,1-2H3/b13-11+,14-12+. The molecule has 0 amide bonds. The second-order valence-electron chi connectivity index (χ2n) is 12.0. The van der Waals surface area contributed by atoms with Gasteiger partial charge in [-0.15, -0.1) is 0 Å². The predicted octanol–water partition coefficient (Wildman–Crippen LogP) is 5.49. The Kier molecular flexibility index (Phi) is 8.85. The molecule has 0 aromatic rings. The third-order valence-corrected chi connectivity index (χ3v) is 10.3. The Labute approximate surface area is 208 Å². The van der Waals surface area contributed by atoms with Gasteiger partial charge in [-0.05, 0) is 88.1 Å². The van der Waals surface area contributed by atoms with Crippen molar-refractivity contribution >= 4 is 0 Å². The van der Waals surface area contributed by atoms with E-state index in [1.54, 1.807) is 0 Å². The number of rotatable bonds is 6. The third-order valence-electron chi connectivity index (χ3n) is 10.3. The van der Waals surface area contributed by atoms with Crippen molar-refractivity contribution in [1.29, 1.82) is 0 Å². The molecule has 4 heteroatoms. The minimum absolute atomic E-state index is 0.302. The third kappa shape index (κ3) is 5.66. The van der Waals surface area contributed by atoms with Crippen molar-refractivity contribution < 1.29 is 9.47 Å². The normalized spacial score (nSPS) is 45.8. The number of methoxy groups -OCH3 is 2. The first-order chi connectivity index (χ1) is 16.8. The quantitative estimate of drug-likeness (QED) is 0.504. The number of ether oxygens (including phenoxy) is 2. The molecule has 5 fully saturated rings. The van der Waals surface area contributed by atoms with Crippen molar-refractivity contribution in [3.05, 3.63) is 24.3 Å². The van der Waals surface area contributed by atoms with Crippen LogP contribution < -0.4 is 10.6 Å². The highest BCUT2D eigenvalue weighted by atomic mass is 16.5. The Morgan fingerprint density at radius 1 is 0.529 bits per heavy atom. The molecule has 2 saturated heterocycles. The van der Waals surface area contributed by atoms with E-state index in [0.29, 0.717) is 24.0 Å². The van der Waals surface area contributed by atoms with Gasteiger partial charge >= 0.3 is 0 Å². The van der Waals surface area contributed by atoms with Gasteiger partial charge in [0.15, 0.2) is 0 Å². The Morgan fingerprint density at radius 3 is 1.38 bits per heavy atom. The van der Waals surface area contributed by atoms with E-state index in [9.17, 15) is 0 Å². The number of fused-ring (bicyclic) bond motifs is 2. The van der Waals surface area contributed by atoms with Crippen LogP contribution in [0.1, 0.15) is 77.0 Å². The topological polar surface area (TPSA) is 42.5 Å². The van der Waals surface area contributed by atoms with Gasteiger partial charge in [-0.3, -0.25) is 0 Å². The predicted molar refractivity (Wildman–Crippen MR) is 140 cm³/mol. The Bertz CT molecular complexity index is 631. The molecule has 2 N–H and O–H groups in total. The molecule has 0 bridgehead atoms. The summed E-state index contributed by atoms with van der Waals surface area (Å²) in [6, 6.07) is 1.50. The second-order valence-corrected chi connectivity index (χ2v) is 12.0. The van der Waals surface area contributed by atoms with Gasteiger partial charge in [-0.1, -0.05) is 50.0 Å². The SMILES string of the molecule is COC1CC(/C=C/C2CCNC3CCCCC23)C(OC)CC1/C=C/C1CCNC2CCCCC12. The van der Waals surface area contributed by atoms with Crippen LogP contribution in [0.4, 0.5) is 0 Å². The van der Waals surface area contributed by atoms with Crippen LogP contribution in [0.2, 0.25) is 0 Å². The molecule has 4 nitrogen and oxygen atoms in total. The van der Waals surface area contributed by atoms with Crippen molar-refractivity contribution in [2.75, 3.05) is 27.3 Å². The second kappa shape index (κ2) is 12.0. The molecule has 34 heavy (non-hydrogen) atoms. The molecule has 3 aliphatic carbocycles. The molecule has 5 aliphatic rings. The van der Waals surface area contributed by atoms with Crippen LogP contribution in [-0.4, -0.2) is 51.6 Å². The summed E-state index contributed by atoms with van der Waals surface area (Å²) in [4.78, 5) is 0. The van der Waals surface area contributed by atoms with Crippen LogP contribution in [0.3, 0.4) is 0 Å². The Morgan fingerprint density at radius 2 is 0.941 bits per heavy atom. The first-order valence-electron chi connectivity index (χ1n) is 14.7. The van der Waals surface area contributed by atoms with Crippen LogP contribution >= 0.6 is 0 Å². The van der Waals surface area contributed by atoms with E-state index in [1.165, 1.54) is 77.3 Å². The molecule has 10 unspecified atom stereocenters. The molecule has 2 aliphatic heterocycles. The van der Waals surface area contributed by atoms with E-state index in [2.05, 4.69) is 34.9 Å². The summed E-state index contributed by atoms with van der Waals surface area (Å²) in [5, 5.41) is 7.60. The van der Waals surface area contributed by atoms with Gasteiger partial charge in [-0.2, -0.15) is 0 Å². The van der Waals surface area contributed by atoms with Crippen LogP contribution in [0.5, 0.6) is 0 Å². The number of piperidine rings is 2. The van der Waals surface area contributed by atoms with Crippen molar-refractivity contribution in [1.82, 2.24) is 10.6 Å². The largest absolute Gasteiger partial charge is 0.381 e. The van der Waals surface area contributed by atoms with Crippen molar-refractivity contribution in [2.45, 2.75) is 101 Å². The number of hydrogen-bond acceptors (Lipinski definition) is 4. The Balaban J connectivity index is 1.22. The molecule has 0 aromatic heterocycles. The molecule has 2 heterocycles. The van der Waals surface area contributed by atoms with Gasteiger partial charge in [0.2, 0.25) is 0 Å². The lowest BCUT2D eigenvalue weighted by Gasteiger charge is -2.42. The van der Waals surface area contributed by atoms with Crippen LogP contribution in [0, 0.1) is 35.5 Å². The van der Waals surface area contributed by atoms with Crippen molar-refractivity contribution in [3.63, 3.8) is 0 Å².